The van der Waals surface area contributed by atoms with Gasteiger partial charge in [-0.1, -0.05) is 13.8 Å². The largest absolute Gasteiger partial charge is 0.370 e. The van der Waals surface area contributed by atoms with Crippen molar-refractivity contribution in [2.24, 2.45) is 16.6 Å². The highest BCUT2D eigenvalue weighted by Crippen LogP contribution is 2.26. The van der Waals surface area contributed by atoms with Crippen LogP contribution in [0.25, 0.3) is 0 Å². The molecule has 1 aromatic rings. The second kappa shape index (κ2) is 6.89. The third-order valence-corrected chi connectivity index (χ3v) is 4.38. The molecule has 0 aliphatic heterocycles. The fraction of sp³-hybridized carbons (Fsp3) is 0.714. The molecular formula is C14H24N4S. The maximum atomic E-state index is 5.81. The zero-order valence-electron chi connectivity index (χ0n) is 11.9. The van der Waals surface area contributed by atoms with Crippen LogP contribution in [-0.4, -0.2) is 24.0 Å². The van der Waals surface area contributed by atoms with E-state index in [0.717, 1.165) is 25.9 Å². The molecule has 106 valence electrons. The minimum Gasteiger partial charge on any atom is -0.370 e. The molecule has 0 radical (unpaired) electrons. The Kier molecular flexibility index (Phi) is 5.19. The fourth-order valence-electron chi connectivity index (χ4n) is 2.15. The first-order valence-electron chi connectivity index (χ1n) is 7.16. The van der Waals surface area contributed by atoms with Gasteiger partial charge in [-0.25, -0.2) is 4.98 Å². The van der Waals surface area contributed by atoms with Crippen molar-refractivity contribution in [2.75, 3.05) is 13.1 Å². The number of nitrogens with two attached hydrogens (primary N) is 1. The van der Waals surface area contributed by atoms with Crippen LogP contribution in [0.4, 0.5) is 0 Å². The van der Waals surface area contributed by atoms with E-state index in [1.165, 1.54) is 34.8 Å². The Balaban J connectivity index is 1.76. The van der Waals surface area contributed by atoms with Crippen LogP contribution in [-0.2, 0) is 19.3 Å². The average Bonchev–Trinajstić information content (AvgIpc) is 2.79. The van der Waals surface area contributed by atoms with Crippen LogP contribution < -0.4 is 11.1 Å². The number of aromatic nitrogens is 1. The number of thiazole rings is 1. The summed E-state index contributed by atoms with van der Waals surface area (Å²) in [6.45, 7) is 5.87. The van der Waals surface area contributed by atoms with Gasteiger partial charge in [0.1, 0.15) is 0 Å². The first kappa shape index (κ1) is 14.3. The van der Waals surface area contributed by atoms with E-state index < -0.39 is 0 Å². The van der Waals surface area contributed by atoms with E-state index in [2.05, 4.69) is 24.2 Å². The molecular weight excluding hydrogens is 256 g/mol. The quantitative estimate of drug-likeness (QED) is 0.641. The molecule has 3 N–H and O–H groups in total. The maximum Gasteiger partial charge on any atom is 0.188 e. The van der Waals surface area contributed by atoms with E-state index in [1.54, 1.807) is 0 Å². The molecule has 0 amide bonds. The average molecular weight is 280 g/mol. The second-order valence-electron chi connectivity index (χ2n) is 5.48. The van der Waals surface area contributed by atoms with Gasteiger partial charge in [-0.05, 0) is 31.6 Å². The van der Waals surface area contributed by atoms with Crippen molar-refractivity contribution < 1.29 is 0 Å². The molecule has 19 heavy (non-hydrogen) atoms. The number of hydrogen-bond donors (Lipinski definition) is 2. The molecule has 0 atom stereocenters. The standard InChI is InChI=1S/C14H24N4S/c1-10(2)9-17-14(15)16-8-7-13-18-11-5-3-4-6-12(11)19-13/h10H,3-9H2,1-2H3,(H3,15,16,17). The minimum absolute atomic E-state index is 0.547. The van der Waals surface area contributed by atoms with E-state index in [-0.39, 0.29) is 0 Å². The van der Waals surface area contributed by atoms with Crippen molar-refractivity contribution in [2.45, 2.75) is 46.0 Å². The molecule has 0 saturated heterocycles. The normalized spacial score (nSPS) is 15.6. The smallest absolute Gasteiger partial charge is 0.188 e. The molecule has 1 heterocycles. The molecule has 0 bridgehead atoms. The number of rotatable bonds is 5. The lowest BCUT2D eigenvalue weighted by Gasteiger charge is -2.06. The molecule has 5 heteroatoms. The summed E-state index contributed by atoms with van der Waals surface area (Å²) in [7, 11) is 0. The third kappa shape index (κ3) is 4.49. The minimum atomic E-state index is 0.547. The first-order chi connectivity index (χ1) is 9.15. The first-order valence-corrected chi connectivity index (χ1v) is 7.98. The highest BCUT2D eigenvalue weighted by atomic mass is 32.1. The Morgan fingerprint density at radius 3 is 2.95 bits per heavy atom. The Hall–Kier alpha value is -1.10. The number of guanidine groups is 1. The van der Waals surface area contributed by atoms with Crippen LogP contribution in [0.2, 0.25) is 0 Å². The summed E-state index contributed by atoms with van der Waals surface area (Å²) in [5.74, 6) is 1.10. The van der Waals surface area contributed by atoms with Crippen molar-refractivity contribution in [3.8, 4) is 0 Å². The molecule has 0 unspecified atom stereocenters. The summed E-state index contributed by atoms with van der Waals surface area (Å²) >= 11 is 1.87. The van der Waals surface area contributed by atoms with Crippen molar-refractivity contribution in [3.63, 3.8) is 0 Å². The van der Waals surface area contributed by atoms with Crippen LogP contribution in [0.3, 0.4) is 0 Å². The molecule has 0 spiro atoms. The van der Waals surface area contributed by atoms with E-state index in [1.807, 2.05) is 11.3 Å². The predicted octanol–water partition coefficient (Wildman–Crippen LogP) is 2.12. The molecule has 0 aromatic carbocycles. The van der Waals surface area contributed by atoms with Crippen LogP contribution in [0.1, 0.15) is 42.3 Å². The Morgan fingerprint density at radius 2 is 2.21 bits per heavy atom. The lowest BCUT2D eigenvalue weighted by Crippen LogP contribution is -2.33. The number of aliphatic imine (C=N–C) groups is 1. The highest BCUT2D eigenvalue weighted by Gasteiger charge is 2.14. The molecule has 4 nitrogen and oxygen atoms in total. The highest BCUT2D eigenvalue weighted by molar-refractivity contribution is 7.11. The van der Waals surface area contributed by atoms with Crippen LogP contribution in [0.5, 0.6) is 0 Å². The van der Waals surface area contributed by atoms with Crippen LogP contribution >= 0.6 is 11.3 Å². The van der Waals surface area contributed by atoms with Crippen molar-refractivity contribution in [3.05, 3.63) is 15.6 Å². The summed E-state index contributed by atoms with van der Waals surface area (Å²) in [6, 6.07) is 0. The number of hydrogen-bond acceptors (Lipinski definition) is 3. The monoisotopic (exact) mass is 280 g/mol. The van der Waals surface area contributed by atoms with Crippen molar-refractivity contribution >= 4 is 17.3 Å². The van der Waals surface area contributed by atoms with Gasteiger partial charge in [-0.2, -0.15) is 0 Å². The number of fused-ring (bicyclic) bond motifs is 1. The fourth-order valence-corrected chi connectivity index (χ4v) is 3.30. The van der Waals surface area contributed by atoms with Gasteiger partial charge in [0.15, 0.2) is 5.96 Å². The van der Waals surface area contributed by atoms with E-state index in [4.69, 9.17) is 10.7 Å². The summed E-state index contributed by atoms with van der Waals surface area (Å²) in [5.41, 5.74) is 7.15. The van der Waals surface area contributed by atoms with E-state index >= 15 is 0 Å². The van der Waals surface area contributed by atoms with Gasteiger partial charge >= 0.3 is 0 Å². The van der Waals surface area contributed by atoms with Gasteiger partial charge in [-0.15, -0.1) is 11.3 Å². The van der Waals surface area contributed by atoms with Gasteiger partial charge in [0.05, 0.1) is 10.7 Å². The number of nitrogens with zero attached hydrogens (tertiary/aromatic N) is 2. The third-order valence-electron chi connectivity index (χ3n) is 3.16. The maximum absolute atomic E-state index is 5.81. The zero-order chi connectivity index (χ0) is 13.7. The molecule has 1 aliphatic carbocycles. The second-order valence-corrected chi connectivity index (χ2v) is 6.65. The summed E-state index contributed by atoms with van der Waals surface area (Å²) in [5, 5.41) is 4.39. The summed E-state index contributed by atoms with van der Waals surface area (Å²) in [6.07, 6.45) is 5.94. The molecule has 2 rings (SSSR count). The number of nitrogens with one attached hydrogen (secondary N) is 1. The Morgan fingerprint density at radius 1 is 1.42 bits per heavy atom. The van der Waals surface area contributed by atoms with Crippen molar-refractivity contribution in [1.29, 1.82) is 0 Å². The Labute approximate surface area is 119 Å². The van der Waals surface area contributed by atoms with Gasteiger partial charge in [-0.3, -0.25) is 4.99 Å². The Bertz CT molecular complexity index is 413. The van der Waals surface area contributed by atoms with Gasteiger partial charge in [0.2, 0.25) is 0 Å². The van der Waals surface area contributed by atoms with Crippen LogP contribution in [0, 0.1) is 5.92 Å². The topological polar surface area (TPSA) is 63.3 Å². The van der Waals surface area contributed by atoms with E-state index in [9.17, 15) is 0 Å². The number of aryl methyl sites for hydroxylation is 2. The lowest BCUT2D eigenvalue weighted by atomic mass is 10.0. The predicted molar refractivity (Wildman–Crippen MR) is 81.8 cm³/mol. The van der Waals surface area contributed by atoms with Gasteiger partial charge in [0.25, 0.3) is 0 Å². The van der Waals surface area contributed by atoms with Crippen molar-refractivity contribution in [1.82, 2.24) is 10.3 Å². The van der Waals surface area contributed by atoms with E-state index in [0.29, 0.717) is 11.9 Å². The van der Waals surface area contributed by atoms with Crippen LogP contribution in [0.15, 0.2) is 4.99 Å². The molecule has 0 fully saturated rings. The summed E-state index contributed by atoms with van der Waals surface area (Å²) < 4.78 is 0. The molecule has 1 aliphatic rings. The lowest BCUT2D eigenvalue weighted by molar-refractivity contribution is 0.661. The molecule has 0 saturated carbocycles. The van der Waals surface area contributed by atoms with Gasteiger partial charge in [0, 0.05) is 24.4 Å². The molecule has 1 aromatic heterocycles. The summed E-state index contributed by atoms with van der Waals surface area (Å²) in [4.78, 5) is 10.5. The van der Waals surface area contributed by atoms with Gasteiger partial charge < -0.3 is 11.1 Å². The SMILES string of the molecule is CC(C)CN=C(N)NCCc1nc2c(s1)CCCC2. The zero-order valence-corrected chi connectivity index (χ0v) is 12.7.